The maximum Gasteiger partial charge on any atom is 0.246 e. The first-order valence-corrected chi connectivity index (χ1v) is 6.92. The van der Waals surface area contributed by atoms with E-state index in [4.69, 9.17) is 15.0 Å². The molecule has 6 heteroatoms. The van der Waals surface area contributed by atoms with Crippen LogP contribution in [0.2, 0.25) is 0 Å². The van der Waals surface area contributed by atoms with Crippen molar-refractivity contribution in [2.24, 2.45) is 5.73 Å². The molecule has 2 rings (SSSR count). The average molecular weight is 269 g/mol. The van der Waals surface area contributed by atoms with Gasteiger partial charge in [-0.15, -0.1) is 0 Å². The second-order valence-corrected chi connectivity index (χ2v) is 5.34. The van der Waals surface area contributed by atoms with E-state index >= 15 is 0 Å². The van der Waals surface area contributed by atoms with Gasteiger partial charge in [-0.2, -0.15) is 4.98 Å². The van der Waals surface area contributed by atoms with Crippen molar-refractivity contribution in [1.82, 2.24) is 10.1 Å². The van der Waals surface area contributed by atoms with Crippen molar-refractivity contribution >= 4 is 0 Å². The predicted molar refractivity (Wildman–Crippen MR) is 69.3 cm³/mol. The second kappa shape index (κ2) is 5.98. The van der Waals surface area contributed by atoms with Gasteiger partial charge in [0.05, 0.1) is 6.10 Å². The summed E-state index contributed by atoms with van der Waals surface area (Å²) in [5.74, 6) is 0.827. The van der Waals surface area contributed by atoms with E-state index in [-0.39, 0.29) is 5.89 Å². The Bertz CT molecular complexity index is 398. The topological polar surface area (TPSA) is 94.4 Å². The highest BCUT2D eigenvalue weighted by atomic mass is 16.5. The third-order valence-electron chi connectivity index (χ3n) is 3.96. The fourth-order valence-electron chi connectivity index (χ4n) is 2.58. The van der Waals surface area contributed by atoms with Crippen molar-refractivity contribution in [2.75, 3.05) is 7.11 Å². The van der Waals surface area contributed by atoms with Gasteiger partial charge in [0.2, 0.25) is 11.7 Å². The maximum atomic E-state index is 9.48. The van der Waals surface area contributed by atoms with Crippen molar-refractivity contribution in [3.63, 3.8) is 0 Å². The molecular weight excluding hydrogens is 246 g/mol. The lowest BCUT2D eigenvalue weighted by Crippen LogP contribution is -2.30. The third kappa shape index (κ3) is 2.96. The molecule has 2 atom stereocenters. The van der Waals surface area contributed by atoms with Crippen LogP contribution in [0.5, 0.6) is 0 Å². The second-order valence-electron chi connectivity index (χ2n) is 5.34. The SMILES string of the molecule is COC1(c2noc(C(N)C(C)O)n2)CCCCCC1. The summed E-state index contributed by atoms with van der Waals surface area (Å²) >= 11 is 0. The molecule has 1 heterocycles. The van der Waals surface area contributed by atoms with Crippen molar-refractivity contribution < 1.29 is 14.4 Å². The van der Waals surface area contributed by atoms with Gasteiger partial charge < -0.3 is 20.1 Å². The van der Waals surface area contributed by atoms with Crippen molar-refractivity contribution in [1.29, 1.82) is 0 Å². The molecule has 1 aliphatic carbocycles. The Labute approximate surface area is 113 Å². The van der Waals surface area contributed by atoms with Crippen LogP contribution in [0.1, 0.15) is 63.2 Å². The van der Waals surface area contributed by atoms with Gasteiger partial charge in [-0.1, -0.05) is 30.8 Å². The highest BCUT2D eigenvalue weighted by Gasteiger charge is 2.38. The minimum Gasteiger partial charge on any atom is -0.391 e. The summed E-state index contributed by atoms with van der Waals surface area (Å²) in [6, 6.07) is -0.652. The maximum absolute atomic E-state index is 9.48. The molecule has 0 aromatic carbocycles. The number of methoxy groups -OCH3 is 1. The molecule has 2 unspecified atom stereocenters. The molecule has 6 nitrogen and oxygen atoms in total. The molecule has 0 saturated heterocycles. The molecule has 1 aliphatic rings. The van der Waals surface area contributed by atoms with Gasteiger partial charge in [0.15, 0.2) is 0 Å². The Morgan fingerprint density at radius 3 is 2.47 bits per heavy atom. The number of ether oxygens (including phenoxy) is 1. The van der Waals surface area contributed by atoms with E-state index in [1.807, 2.05) is 0 Å². The molecule has 0 spiro atoms. The summed E-state index contributed by atoms with van der Waals surface area (Å²) in [6.45, 7) is 1.60. The van der Waals surface area contributed by atoms with E-state index in [9.17, 15) is 5.11 Å². The summed E-state index contributed by atoms with van der Waals surface area (Å²) < 4.78 is 10.9. The Hall–Kier alpha value is -0.980. The Morgan fingerprint density at radius 1 is 1.32 bits per heavy atom. The molecule has 0 radical (unpaired) electrons. The summed E-state index contributed by atoms with van der Waals surface area (Å²) in [5.41, 5.74) is 5.35. The normalized spacial score (nSPS) is 22.7. The molecule has 1 aromatic heterocycles. The molecule has 0 aliphatic heterocycles. The third-order valence-corrected chi connectivity index (χ3v) is 3.96. The summed E-state index contributed by atoms with van der Waals surface area (Å²) in [7, 11) is 1.69. The first-order chi connectivity index (χ1) is 9.09. The molecule has 0 amide bonds. The lowest BCUT2D eigenvalue weighted by atomic mass is 9.93. The number of aromatic nitrogens is 2. The van der Waals surface area contributed by atoms with Crippen LogP contribution >= 0.6 is 0 Å². The van der Waals surface area contributed by atoms with Gasteiger partial charge in [0.1, 0.15) is 11.6 Å². The Kier molecular flexibility index (Phi) is 4.54. The van der Waals surface area contributed by atoms with Gasteiger partial charge in [-0.3, -0.25) is 0 Å². The van der Waals surface area contributed by atoms with Gasteiger partial charge in [-0.05, 0) is 19.8 Å². The highest BCUT2D eigenvalue weighted by molar-refractivity contribution is 5.04. The zero-order valence-electron chi connectivity index (χ0n) is 11.6. The van der Waals surface area contributed by atoms with E-state index < -0.39 is 17.7 Å². The molecule has 0 bridgehead atoms. The number of hydrogen-bond donors (Lipinski definition) is 2. The number of hydrogen-bond acceptors (Lipinski definition) is 6. The van der Waals surface area contributed by atoms with Crippen molar-refractivity contribution in [3.05, 3.63) is 11.7 Å². The first kappa shape index (κ1) is 14.4. The van der Waals surface area contributed by atoms with Gasteiger partial charge in [0, 0.05) is 7.11 Å². The molecule has 3 N–H and O–H groups in total. The molecule has 1 saturated carbocycles. The van der Waals surface area contributed by atoms with E-state index in [0.29, 0.717) is 5.82 Å². The van der Waals surface area contributed by atoms with E-state index in [1.54, 1.807) is 14.0 Å². The fourth-order valence-corrected chi connectivity index (χ4v) is 2.58. The van der Waals surface area contributed by atoms with Crippen LogP contribution in [-0.2, 0) is 10.3 Å². The largest absolute Gasteiger partial charge is 0.391 e. The summed E-state index contributed by atoms with van der Waals surface area (Å²) in [5, 5.41) is 13.5. The van der Waals surface area contributed by atoms with Crippen molar-refractivity contribution in [2.45, 2.75) is 63.2 Å². The van der Waals surface area contributed by atoms with Crippen LogP contribution in [-0.4, -0.2) is 28.5 Å². The fraction of sp³-hybridized carbons (Fsp3) is 0.846. The quantitative estimate of drug-likeness (QED) is 0.807. The highest BCUT2D eigenvalue weighted by Crippen LogP contribution is 2.37. The predicted octanol–water partition coefficient (Wildman–Crippen LogP) is 1.65. The van der Waals surface area contributed by atoms with Crippen molar-refractivity contribution in [3.8, 4) is 0 Å². The molecule has 1 aromatic rings. The van der Waals surface area contributed by atoms with Crippen LogP contribution in [0, 0.1) is 0 Å². The summed E-state index contributed by atoms with van der Waals surface area (Å²) in [6.07, 6.45) is 5.69. The number of nitrogens with two attached hydrogens (primary N) is 1. The van der Waals surface area contributed by atoms with Gasteiger partial charge in [-0.25, -0.2) is 0 Å². The minimum atomic E-state index is -0.721. The first-order valence-electron chi connectivity index (χ1n) is 6.92. The molecule has 1 fully saturated rings. The van der Waals surface area contributed by atoms with E-state index in [2.05, 4.69) is 10.1 Å². The van der Waals surface area contributed by atoms with E-state index in [0.717, 1.165) is 25.7 Å². The number of aliphatic hydroxyl groups excluding tert-OH is 1. The van der Waals surface area contributed by atoms with Crippen LogP contribution in [0.3, 0.4) is 0 Å². The van der Waals surface area contributed by atoms with Gasteiger partial charge in [0.25, 0.3) is 0 Å². The van der Waals surface area contributed by atoms with Crippen LogP contribution in [0.25, 0.3) is 0 Å². The number of nitrogens with zero attached hydrogens (tertiary/aromatic N) is 2. The summed E-state index contributed by atoms with van der Waals surface area (Å²) in [4.78, 5) is 4.35. The average Bonchev–Trinajstić information content (AvgIpc) is 2.77. The van der Waals surface area contributed by atoms with Crippen LogP contribution in [0.15, 0.2) is 4.52 Å². The van der Waals surface area contributed by atoms with Gasteiger partial charge >= 0.3 is 0 Å². The molecular formula is C13H23N3O3. The molecule has 108 valence electrons. The minimum absolute atomic E-state index is 0.269. The zero-order valence-corrected chi connectivity index (χ0v) is 11.6. The Morgan fingerprint density at radius 2 is 1.95 bits per heavy atom. The van der Waals surface area contributed by atoms with Crippen LogP contribution in [0.4, 0.5) is 0 Å². The van der Waals surface area contributed by atoms with Crippen LogP contribution < -0.4 is 5.73 Å². The zero-order chi connectivity index (χ0) is 13.9. The number of aliphatic hydroxyl groups is 1. The standard InChI is InChI=1S/C13H23N3O3/c1-9(17)10(14)11-15-12(16-19-11)13(18-2)7-5-3-4-6-8-13/h9-10,17H,3-8,14H2,1-2H3. The lowest BCUT2D eigenvalue weighted by molar-refractivity contribution is -0.0365. The van der Waals surface area contributed by atoms with E-state index in [1.165, 1.54) is 12.8 Å². The monoisotopic (exact) mass is 269 g/mol. The molecule has 19 heavy (non-hydrogen) atoms. The smallest absolute Gasteiger partial charge is 0.246 e. The number of rotatable bonds is 4. The Balaban J connectivity index is 2.23. The lowest BCUT2D eigenvalue weighted by Gasteiger charge is -2.27.